The Kier molecular flexibility index (Phi) is 7.49. The van der Waals surface area contributed by atoms with Crippen molar-refractivity contribution in [3.8, 4) is 11.5 Å². The number of fused-ring (bicyclic) bond motifs is 1. The van der Waals surface area contributed by atoms with Gasteiger partial charge in [0.2, 0.25) is 11.1 Å². The van der Waals surface area contributed by atoms with Gasteiger partial charge >= 0.3 is 12.1 Å². The van der Waals surface area contributed by atoms with Gasteiger partial charge in [0.15, 0.2) is 0 Å². The van der Waals surface area contributed by atoms with E-state index in [1.54, 1.807) is 7.11 Å². The smallest absolute Gasteiger partial charge is 0.416 e. The molecule has 0 spiro atoms. The van der Waals surface area contributed by atoms with Crippen molar-refractivity contribution in [1.29, 1.82) is 0 Å². The van der Waals surface area contributed by atoms with E-state index >= 15 is 0 Å². The number of aliphatic imine (C=N–C) groups is 1. The lowest BCUT2D eigenvalue weighted by molar-refractivity contribution is -0.138. The van der Waals surface area contributed by atoms with Gasteiger partial charge in [-0.2, -0.15) is 17.6 Å². The molecule has 2 aromatic carbocycles. The minimum absolute atomic E-state index is 0.00340. The van der Waals surface area contributed by atoms with Crippen LogP contribution in [0.15, 0.2) is 52.8 Å². The second-order valence-corrected chi connectivity index (χ2v) is 10.1. The summed E-state index contributed by atoms with van der Waals surface area (Å²) < 4.78 is 66.9. The molecule has 0 saturated carbocycles. The number of methoxy groups -OCH3 is 2. The molecule has 2 aliphatic rings. The molecular weight excluding hydrogens is 552 g/mol. The molecule has 3 heterocycles. The molecule has 1 N–H and O–H groups in total. The number of thiophene rings is 1. The highest BCUT2D eigenvalue weighted by Gasteiger charge is 2.41. The Morgan fingerprint density at radius 2 is 1.80 bits per heavy atom. The van der Waals surface area contributed by atoms with Crippen molar-refractivity contribution in [2.75, 3.05) is 50.2 Å². The number of nitrogens with zero attached hydrogens (tertiary/aromatic N) is 4. The van der Waals surface area contributed by atoms with Crippen LogP contribution in [0.25, 0.3) is 0 Å². The summed E-state index contributed by atoms with van der Waals surface area (Å²) in [6, 6.07) is 9.57. The van der Waals surface area contributed by atoms with Crippen LogP contribution in [-0.4, -0.2) is 62.3 Å². The summed E-state index contributed by atoms with van der Waals surface area (Å²) in [4.78, 5) is 22.0. The maximum atomic E-state index is 14.9. The number of carboxylic acid groups (broad SMARTS) is 1. The maximum Gasteiger partial charge on any atom is 0.416 e. The molecule has 13 heteroatoms. The van der Waals surface area contributed by atoms with Crippen LogP contribution < -0.4 is 19.3 Å². The summed E-state index contributed by atoms with van der Waals surface area (Å²) in [5.74, 6) is -0.219. The molecule has 1 fully saturated rings. The molecule has 0 bridgehead atoms. The molecule has 1 saturated heterocycles. The first kappa shape index (κ1) is 27.6. The maximum absolute atomic E-state index is 14.9. The summed E-state index contributed by atoms with van der Waals surface area (Å²) in [7, 11) is 2.90. The number of carbonyl (C=O) groups is 1. The van der Waals surface area contributed by atoms with Gasteiger partial charge < -0.3 is 29.3 Å². The number of anilines is 2. The van der Waals surface area contributed by atoms with Gasteiger partial charge in [-0.25, -0.2) is 4.99 Å². The van der Waals surface area contributed by atoms with E-state index in [0.29, 0.717) is 37.5 Å². The third-order valence-electron chi connectivity index (χ3n) is 6.96. The highest BCUT2D eigenvalue weighted by atomic mass is 32.1. The van der Waals surface area contributed by atoms with E-state index in [1.165, 1.54) is 23.5 Å². The van der Waals surface area contributed by atoms with Crippen molar-refractivity contribution in [2.24, 2.45) is 4.99 Å². The summed E-state index contributed by atoms with van der Waals surface area (Å²) in [6.45, 7) is 1.86. The molecule has 3 aromatic rings. The van der Waals surface area contributed by atoms with Crippen LogP contribution in [0.2, 0.25) is 0 Å². The Balaban J connectivity index is 1.58. The topological polar surface area (TPSA) is 77.8 Å². The van der Waals surface area contributed by atoms with E-state index in [2.05, 4.69) is 9.89 Å². The monoisotopic (exact) mass is 578 g/mol. The first-order valence-corrected chi connectivity index (χ1v) is 13.2. The van der Waals surface area contributed by atoms with E-state index < -0.39 is 35.3 Å². The molecule has 212 valence electrons. The van der Waals surface area contributed by atoms with Crippen molar-refractivity contribution >= 4 is 40.3 Å². The SMILES string of the molecule is COc1cccc(N2CCN(C3=Nc4c(csc4F)[C@H](CC(=O)O)N3c3cc(C(F)(F)F)ccc3OC)CC2)c1. The minimum Gasteiger partial charge on any atom is -0.497 e. The molecule has 5 rings (SSSR count). The fourth-order valence-electron chi connectivity index (χ4n) is 5.01. The zero-order chi connectivity index (χ0) is 28.6. The van der Waals surface area contributed by atoms with E-state index in [4.69, 9.17) is 9.47 Å². The molecule has 0 unspecified atom stereocenters. The number of alkyl halides is 3. The number of benzene rings is 2. The highest BCUT2D eigenvalue weighted by molar-refractivity contribution is 7.08. The number of hydrogen-bond acceptors (Lipinski definition) is 8. The lowest BCUT2D eigenvalue weighted by Gasteiger charge is -2.44. The van der Waals surface area contributed by atoms with Gasteiger partial charge in [-0.15, -0.1) is 11.3 Å². The number of rotatable bonds is 6. The van der Waals surface area contributed by atoms with Crippen molar-refractivity contribution in [2.45, 2.75) is 18.6 Å². The van der Waals surface area contributed by atoms with Gasteiger partial charge in [-0.3, -0.25) is 4.79 Å². The van der Waals surface area contributed by atoms with Crippen LogP contribution in [-0.2, 0) is 11.0 Å². The van der Waals surface area contributed by atoms with Gasteiger partial charge in [0.25, 0.3) is 0 Å². The first-order valence-electron chi connectivity index (χ1n) is 12.4. The zero-order valence-electron chi connectivity index (χ0n) is 21.6. The number of guanidine groups is 1. The van der Waals surface area contributed by atoms with E-state index in [0.717, 1.165) is 29.2 Å². The third-order valence-corrected chi connectivity index (χ3v) is 7.73. The molecule has 0 radical (unpaired) electrons. The fraction of sp³-hybridized carbons (Fsp3) is 0.333. The zero-order valence-corrected chi connectivity index (χ0v) is 22.4. The lowest BCUT2D eigenvalue weighted by atomic mass is 10.00. The minimum atomic E-state index is -4.65. The van der Waals surface area contributed by atoms with Gasteiger partial charge in [0.05, 0.1) is 37.9 Å². The third kappa shape index (κ3) is 5.25. The molecule has 8 nitrogen and oxygen atoms in total. The number of ether oxygens (including phenoxy) is 2. The first-order chi connectivity index (χ1) is 19.1. The van der Waals surface area contributed by atoms with Crippen LogP contribution in [0.5, 0.6) is 11.5 Å². The van der Waals surface area contributed by atoms with Crippen LogP contribution in [0.4, 0.5) is 34.6 Å². The quantitative estimate of drug-likeness (QED) is 0.372. The Morgan fingerprint density at radius 3 is 2.45 bits per heavy atom. The molecule has 1 aromatic heterocycles. The predicted octanol–water partition coefficient (Wildman–Crippen LogP) is 5.77. The molecular formula is C27H26F4N4O4S. The number of piperazine rings is 1. The van der Waals surface area contributed by atoms with Gasteiger partial charge in [0, 0.05) is 48.9 Å². The highest BCUT2D eigenvalue weighted by Crippen LogP contribution is 2.47. The number of hydrogen-bond donors (Lipinski definition) is 1. The molecule has 40 heavy (non-hydrogen) atoms. The number of aliphatic carboxylic acids is 1. The predicted molar refractivity (Wildman–Crippen MR) is 144 cm³/mol. The Labute approximate surface area is 231 Å². The van der Waals surface area contributed by atoms with Crippen molar-refractivity contribution in [3.05, 3.63) is 64.1 Å². The molecule has 0 aliphatic carbocycles. The van der Waals surface area contributed by atoms with E-state index in [-0.39, 0.29) is 23.1 Å². The number of carboxylic acids is 1. The van der Waals surface area contributed by atoms with Crippen molar-refractivity contribution < 1.29 is 36.9 Å². The Bertz CT molecular complexity index is 1440. The average molecular weight is 579 g/mol. The van der Waals surface area contributed by atoms with Crippen LogP contribution >= 0.6 is 11.3 Å². The molecule has 2 aliphatic heterocycles. The lowest BCUT2D eigenvalue weighted by Crippen LogP contribution is -2.55. The van der Waals surface area contributed by atoms with E-state index in [9.17, 15) is 27.5 Å². The second-order valence-electron chi connectivity index (χ2n) is 9.27. The normalized spacial score (nSPS) is 17.4. The number of halogens is 4. The second kappa shape index (κ2) is 10.9. The summed E-state index contributed by atoms with van der Waals surface area (Å²) in [6.07, 6.45) is -5.15. The van der Waals surface area contributed by atoms with Crippen LogP contribution in [0.1, 0.15) is 23.6 Å². The Hall–Kier alpha value is -4.00. The summed E-state index contributed by atoms with van der Waals surface area (Å²) >= 11 is 0.772. The summed E-state index contributed by atoms with van der Waals surface area (Å²) in [5, 5.41) is 10.6. The standard InChI is InChI=1S/C27H26F4N4O4S/c1-38-18-5-3-4-17(13-18)33-8-10-34(11-9-33)26-32-24-19(15-40-25(24)28)20(14-23(36)37)35(26)21-12-16(27(29,30)31)6-7-22(21)39-2/h3-7,12-13,15,20H,8-11,14H2,1-2H3,(H,36,37)/t20-/m0/s1. The van der Waals surface area contributed by atoms with Crippen LogP contribution in [0, 0.1) is 5.13 Å². The van der Waals surface area contributed by atoms with Gasteiger partial charge in [-0.1, -0.05) is 6.07 Å². The molecule has 1 atom stereocenters. The average Bonchev–Trinajstić information content (AvgIpc) is 3.32. The van der Waals surface area contributed by atoms with Crippen molar-refractivity contribution in [1.82, 2.24) is 4.90 Å². The Morgan fingerprint density at radius 1 is 1.07 bits per heavy atom. The molecule has 0 amide bonds. The van der Waals surface area contributed by atoms with Gasteiger partial charge in [0.1, 0.15) is 17.2 Å². The summed E-state index contributed by atoms with van der Waals surface area (Å²) in [5.41, 5.74) is 0.305. The van der Waals surface area contributed by atoms with Gasteiger partial charge in [-0.05, 0) is 30.3 Å². The largest absolute Gasteiger partial charge is 0.497 e. The van der Waals surface area contributed by atoms with Crippen molar-refractivity contribution in [3.63, 3.8) is 0 Å². The fourth-order valence-corrected chi connectivity index (χ4v) is 5.78. The van der Waals surface area contributed by atoms with Crippen LogP contribution in [0.3, 0.4) is 0 Å². The van der Waals surface area contributed by atoms with E-state index in [1.807, 2.05) is 29.2 Å².